The summed E-state index contributed by atoms with van der Waals surface area (Å²) in [5.41, 5.74) is 1.12. The van der Waals surface area contributed by atoms with Crippen molar-refractivity contribution in [1.29, 1.82) is 0 Å². The van der Waals surface area contributed by atoms with E-state index in [0.717, 1.165) is 12.1 Å². The molecule has 0 saturated carbocycles. The molecule has 0 amide bonds. The van der Waals surface area contributed by atoms with E-state index in [1.165, 1.54) is 0 Å². The number of aromatic nitrogens is 4. The van der Waals surface area contributed by atoms with Gasteiger partial charge in [0.05, 0.1) is 11.1 Å². The van der Waals surface area contributed by atoms with Gasteiger partial charge in [-0.25, -0.2) is 9.48 Å². The van der Waals surface area contributed by atoms with Crippen molar-refractivity contribution in [3.8, 4) is 5.69 Å². The molecule has 102 valence electrons. The molecule has 1 aromatic carbocycles. The molecule has 20 heavy (non-hydrogen) atoms. The van der Waals surface area contributed by atoms with Crippen LogP contribution >= 0.6 is 11.6 Å². The van der Waals surface area contributed by atoms with Gasteiger partial charge in [0.15, 0.2) is 5.65 Å². The Balaban J connectivity index is 2.27. The van der Waals surface area contributed by atoms with Crippen molar-refractivity contribution >= 4 is 22.6 Å². The number of nitrogens with zero attached hydrogens (tertiary/aromatic N) is 4. The van der Waals surface area contributed by atoms with Crippen LogP contribution in [0.5, 0.6) is 0 Å². The standard InChI is InChI=1S/C14H13ClN4O/c1-2-8-18-13-11(12(15)16-14(18)20)9-19(17-13)10-6-4-3-5-7-10/h3-7,9H,2,8H2,1H3. The zero-order chi connectivity index (χ0) is 14.1. The quantitative estimate of drug-likeness (QED) is 0.696. The molecule has 0 saturated heterocycles. The minimum absolute atomic E-state index is 0.194. The van der Waals surface area contributed by atoms with Crippen LogP contribution in [0.15, 0.2) is 41.3 Å². The predicted octanol–water partition coefficient (Wildman–Crippen LogP) is 2.65. The monoisotopic (exact) mass is 288 g/mol. The third-order valence-electron chi connectivity index (χ3n) is 3.07. The zero-order valence-corrected chi connectivity index (χ0v) is 11.7. The third kappa shape index (κ3) is 2.10. The second-order valence-electron chi connectivity index (χ2n) is 4.48. The molecule has 0 bridgehead atoms. The van der Waals surface area contributed by atoms with Crippen LogP contribution in [0.4, 0.5) is 0 Å². The topological polar surface area (TPSA) is 52.7 Å². The van der Waals surface area contributed by atoms with Gasteiger partial charge in [0.2, 0.25) is 0 Å². The van der Waals surface area contributed by atoms with Gasteiger partial charge in [0.25, 0.3) is 0 Å². The van der Waals surface area contributed by atoms with Crippen LogP contribution in [0.2, 0.25) is 5.15 Å². The highest BCUT2D eigenvalue weighted by Gasteiger charge is 2.13. The lowest BCUT2D eigenvalue weighted by molar-refractivity contribution is 0.650. The van der Waals surface area contributed by atoms with Crippen molar-refractivity contribution in [3.05, 3.63) is 52.2 Å². The molecule has 0 unspecified atom stereocenters. The maximum atomic E-state index is 11.9. The van der Waals surface area contributed by atoms with E-state index >= 15 is 0 Å². The molecule has 0 atom stereocenters. The van der Waals surface area contributed by atoms with Crippen molar-refractivity contribution in [2.45, 2.75) is 19.9 Å². The Morgan fingerprint density at radius 2 is 2.00 bits per heavy atom. The molecular weight excluding hydrogens is 276 g/mol. The van der Waals surface area contributed by atoms with Crippen molar-refractivity contribution in [3.63, 3.8) is 0 Å². The summed E-state index contributed by atoms with van der Waals surface area (Å²) in [6.45, 7) is 2.58. The predicted molar refractivity (Wildman–Crippen MR) is 78.4 cm³/mol. The Labute approximate surface area is 120 Å². The molecule has 0 aliphatic heterocycles. The van der Waals surface area contributed by atoms with Crippen LogP contribution in [0.1, 0.15) is 13.3 Å². The van der Waals surface area contributed by atoms with E-state index in [0.29, 0.717) is 17.6 Å². The van der Waals surface area contributed by atoms with E-state index in [2.05, 4.69) is 10.1 Å². The fraction of sp³-hybridized carbons (Fsp3) is 0.214. The fourth-order valence-electron chi connectivity index (χ4n) is 2.14. The molecule has 0 radical (unpaired) electrons. The van der Waals surface area contributed by atoms with Gasteiger partial charge in [0, 0.05) is 12.7 Å². The van der Waals surface area contributed by atoms with E-state index in [9.17, 15) is 4.79 Å². The average molecular weight is 289 g/mol. The van der Waals surface area contributed by atoms with Gasteiger partial charge in [-0.15, -0.1) is 5.10 Å². The summed E-state index contributed by atoms with van der Waals surface area (Å²) in [6.07, 6.45) is 2.63. The molecule has 0 spiro atoms. The lowest BCUT2D eigenvalue weighted by Crippen LogP contribution is -2.23. The first kappa shape index (κ1) is 12.9. The summed E-state index contributed by atoms with van der Waals surface area (Å²) in [4.78, 5) is 15.8. The smallest absolute Gasteiger partial charge is 0.274 e. The summed E-state index contributed by atoms with van der Waals surface area (Å²) in [7, 11) is 0. The molecule has 3 aromatic rings. The molecule has 0 fully saturated rings. The number of benzene rings is 1. The van der Waals surface area contributed by atoms with Crippen LogP contribution < -0.4 is 5.69 Å². The van der Waals surface area contributed by atoms with Crippen LogP contribution in [-0.2, 0) is 6.54 Å². The maximum Gasteiger partial charge on any atom is 0.350 e. The molecule has 0 N–H and O–H groups in total. The van der Waals surface area contributed by atoms with Crippen molar-refractivity contribution < 1.29 is 0 Å². The summed E-state index contributed by atoms with van der Waals surface area (Å²) in [6, 6.07) is 9.68. The minimum atomic E-state index is -0.359. The van der Waals surface area contributed by atoms with Gasteiger partial charge in [-0.2, -0.15) is 4.98 Å². The highest BCUT2D eigenvalue weighted by Crippen LogP contribution is 2.20. The second kappa shape index (κ2) is 5.09. The van der Waals surface area contributed by atoms with Gasteiger partial charge in [-0.1, -0.05) is 36.7 Å². The average Bonchev–Trinajstić information content (AvgIpc) is 2.90. The first-order valence-electron chi connectivity index (χ1n) is 6.42. The number of hydrogen-bond donors (Lipinski definition) is 0. The number of fused-ring (bicyclic) bond motifs is 1. The van der Waals surface area contributed by atoms with Gasteiger partial charge in [0.1, 0.15) is 5.15 Å². The van der Waals surface area contributed by atoms with Crippen LogP contribution in [-0.4, -0.2) is 19.3 Å². The van der Waals surface area contributed by atoms with Crippen LogP contribution in [0, 0.1) is 0 Å². The third-order valence-corrected chi connectivity index (χ3v) is 3.35. The molecule has 2 aromatic heterocycles. The zero-order valence-electron chi connectivity index (χ0n) is 11.0. The Bertz CT molecular complexity index is 807. The van der Waals surface area contributed by atoms with Crippen LogP contribution in [0.25, 0.3) is 16.7 Å². The highest BCUT2D eigenvalue weighted by atomic mass is 35.5. The second-order valence-corrected chi connectivity index (χ2v) is 4.84. The SMILES string of the molecule is CCCn1c(=O)nc(Cl)c2cn(-c3ccccc3)nc21. The Hall–Kier alpha value is -2.14. The molecule has 3 rings (SSSR count). The Morgan fingerprint density at radius 1 is 1.25 bits per heavy atom. The Kier molecular flexibility index (Phi) is 3.28. The number of halogens is 1. The minimum Gasteiger partial charge on any atom is -0.274 e. The van der Waals surface area contributed by atoms with E-state index in [1.54, 1.807) is 15.4 Å². The van der Waals surface area contributed by atoms with Gasteiger partial charge in [-0.05, 0) is 18.6 Å². The van der Waals surface area contributed by atoms with Crippen molar-refractivity contribution in [1.82, 2.24) is 19.3 Å². The van der Waals surface area contributed by atoms with Crippen LogP contribution in [0.3, 0.4) is 0 Å². The molecule has 0 aliphatic rings. The highest BCUT2D eigenvalue weighted by molar-refractivity contribution is 6.33. The fourth-order valence-corrected chi connectivity index (χ4v) is 2.35. The normalized spacial score (nSPS) is 11.1. The summed E-state index contributed by atoms with van der Waals surface area (Å²) in [5.74, 6) is 0. The lowest BCUT2D eigenvalue weighted by atomic mass is 10.3. The first-order chi connectivity index (χ1) is 9.70. The summed E-state index contributed by atoms with van der Waals surface area (Å²) >= 11 is 6.06. The largest absolute Gasteiger partial charge is 0.350 e. The van der Waals surface area contributed by atoms with Gasteiger partial charge in [-0.3, -0.25) is 4.57 Å². The summed E-state index contributed by atoms with van der Waals surface area (Å²) in [5, 5.41) is 5.36. The molecule has 2 heterocycles. The molecule has 6 heteroatoms. The van der Waals surface area contributed by atoms with E-state index in [-0.39, 0.29) is 10.8 Å². The van der Waals surface area contributed by atoms with E-state index in [1.807, 2.05) is 37.3 Å². The number of hydrogen-bond acceptors (Lipinski definition) is 3. The number of rotatable bonds is 3. The number of aryl methyl sites for hydroxylation is 1. The molecular formula is C14H13ClN4O. The van der Waals surface area contributed by atoms with E-state index in [4.69, 9.17) is 11.6 Å². The van der Waals surface area contributed by atoms with Crippen molar-refractivity contribution in [2.75, 3.05) is 0 Å². The number of para-hydroxylation sites is 1. The van der Waals surface area contributed by atoms with Crippen molar-refractivity contribution in [2.24, 2.45) is 0 Å². The summed E-state index contributed by atoms with van der Waals surface area (Å²) < 4.78 is 3.27. The lowest BCUT2D eigenvalue weighted by Gasteiger charge is -2.03. The maximum absolute atomic E-state index is 11.9. The molecule has 0 aliphatic carbocycles. The van der Waals surface area contributed by atoms with Gasteiger partial charge >= 0.3 is 5.69 Å². The molecule has 5 nitrogen and oxygen atoms in total. The first-order valence-corrected chi connectivity index (χ1v) is 6.79. The van der Waals surface area contributed by atoms with Gasteiger partial charge < -0.3 is 0 Å². The Morgan fingerprint density at radius 3 is 2.70 bits per heavy atom. The van der Waals surface area contributed by atoms with E-state index < -0.39 is 0 Å².